The van der Waals surface area contributed by atoms with Crippen molar-refractivity contribution in [2.24, 2.45) is 0 Å². The highest BCUT2D eigenvalue weighted by molar-refractivity contribution is 7.99. The number of halogens is 4. The number of nitrogens with one attached hydrogen (secondary N) is 1. The van der Waals surface area contributed by atoms with Crippen LogP contribution < -0.4 is 14.8 Å². The Labute approximate surface area is 209 Å². The highest BCUT2D eigenvalue weighted by Gasteiger charge is 2.34. The molecule has 1 N–H and O–H groups in total. The van der Waals surface area contributed by atoms with Crippen LogP contribution in [-0.4, -0.2) is 33.5 Å². The van der Waals surface area contributed by atoms with Gasteiger partial charge in [0.15, 0.2) is 28.6 Å². The van der Waals surface area contributed by atoms with Gasteiger partial charge in [-0.2, -0.15) is 13.2 Å². The van der Waals surface area contributed by atoms with Gasteiger partial charge in [0.25, 0.3) is 0 Å². The molecular formula is C23H22ClF3N4O3S. The summed E-state index contributed by atoms with van der Waals surface area (Å²) in [6, 6.07) is 10.3. The molecule has 2 aromatic carbocycles. The van der Waals surface area contributed by atoms with Crippen LogP contribution in [-0.2, 0) is 17.5 Å². The average Bonchev–Trinajstić information content (AvgIpc) is 3.21. The van der Waals surface area contributed by atoms with Gasteiger partial charge in [0.05, 0.1) is 24.1 Å². The lowest BCUT2D eigenvalue weighted by Gasteiger charge is -2.17. The van der Waals surface area contributed by atoms with Crippen LogP contribution in [0.25, 0.3) is 0 Å². The number of hydrogen-bond acceptors (Lipinski definition) is 6. The van der Waals surface area contributed by atoms with E-state index in [0.29, 0.717) is 29.0 Å². The maximum absolute atomic E-state index is 13.3. The number of nitrogens with zero attached hydrogens (tertiary/aromatic N) is 3. The Morgan fingerprint density at radius 2 is 1.97 bits per heavy atom. The monoisotopic (exact) mass is 526 g/mol. The Morgan fingerprint density at radius 1 is 1.26 bits per heavy atom. The number of amides is 1. The zero-order valence-corrected chi connectivity index (χ0v) is 20.4. The van der Waals surface area contributed by atoms with Crippen LogP contribution in [0.4, 0.5) is 18.9 Å². The summed E-state index contributed by atoms with van der Waals surface area (Å²) >= 11 is 6.71. The van der Waals surface area contributed by atoms with Crippen LogP contribution in [0.5, 0.6) is 11.5 Å². The van der Waals surface area contributed by atoms with Gasteiger partial charge >= 0.3 is 6.18 Å². The molecule has 35 heavy (non-hydrogen) atoms. The van der Waals surface area contributed by atoms with Crippen molar-refractivity contribution in [1.29, 1.82) is 0 Å². The molecule has 0 aliphatic carbocycles. The van der Waals surface area contributed by atoms with Gasteiger partial charge in [-0.25, -0.2) is 0 Å². The number of hydrogen-bond donors (Lipinski definition) is 1. The number of allylic oxidation sites excluding steroid dienone is 1. The Morgan fingerprint density at radius 3 is 2.63 bits per heavy atom. The SMILES string of the molecule is C=CCn1c(SCC(=O)Nc2ccc(Cl)cc2C(F)(F)F)nnc1C(C)Oc1ccccc1OC. The Bertz CT molecular complexity index is 1200. The molecule has 0 spiro atoms. The smallest absolute Gasteiger partial charge is 0.418 e. The quantitative estimate of drug-likeness (QED) is 0.257. The molecule has 1 amide bonds. The standard InChI is InChI=1S/C23H22ClF3N4O3S/c1-4-11-31-21(14(2)34-19-8-6-5-7-18(19)33-3)29-30-22(31)35-13-20(32)28-17-10-9-15(24)12-16(17)23(25,26)27/h4-10,12,14H,1,11,13H2,2-3H3,(H,28,32). The predicted molar refractivity (Wildman–Crippen MR) is 128 cm³/mol. The van der Waals surface area contributed by atoms with E-state index in [2.05, 4.69) is 22.1 Å². The number of aromatic nitrogens is 3. The Hall–Kier alpha value is -3.18. The summed E-state index contributed by atoms with van der Waals surface area (Å²) in [5.74, 6) is 0.719. The molecule has 1 aromatic heterocycles. The minimum absolute atomic E-state index is 0.0841. The molecule has 3 aromatic rings. The Kier molecular flexibility index (Phi) is 8.68. The summed E-state index contributed by atoms with van der Waals surface area (Å²) < 4.78 is 52.9. The maximum atomic E-state index is 13.3. The van der Waals surface area contributed by atoms with E-state index < -0.39 is 23.8 Å². The number of ether oxygens (including phenoxy) is 2. The fourth-order valence-electron chi connectivity index (χ4n) is 3.14. The van der Waals surface area contributed by atoms with Crippen molar-refractivity contribution in [1.82, 2.24) is 14.8 Å². The first-order valence-corrected chi connectivity index (χ1v) is 11.6. The summed E-state index contributed by atoms with van der Waals surface area (Å²) in [5, 5.41) is 10.9. The number of methoxy groups -OCH3 is 1. The van der Waals surface area contributed by atoms with Gasteiger partial charge in [0, 0.05) is 11.6 Å². The van der Waals surface area contributed by atoms with Crippen molar-refractivity contribution in [2.45, 2.75) is 30.9 Å². The molecule has 186 valence electrons. The summed E-state index contributed by atoms with van der Waals surface area (Å²) in [4.78, 5) is 12.4. The molecule has 1 heterocycles. The van der Waals surface area contributed by atoms with E-state index in [1.54, 1.807) is 29.7 Å². The van der Waals surface area contributed by atoms with Gasteiger partial charge in [0.2, 0.25) is 5.91 Å². The van der Waals surface area contributed by atoms with Gasteiger partial charge in [-0.1, -0.05) is 41.6 Å². The molecule has 0 saturated carbocycles. The van der Waals surface area contributed by atoms with Crippen LogP contribution in [0.15, 0.2) is 60.3 Å². The Balaban J connectivity index is 1.72. The van der Waals surface area contributed by atoms with E-state index in [0.717, 1.165) is 23.9 Å². The lowest BCUT2D eigenvalue weighted by atomic mass is 10.1. The first kappa shape index (κ1) is 26.4. The third-order valence-electron chi connectivity index (χ3n) is 4.69. The molecule has 0 bridgehead atoms. The molecule has 1 atom stereocenters. The first-order valence-electron chi connectivity index (χ1n) is 10.3. The van der Waals surface area contributed by atoms with Crippen molar-refractivity contribution in [2.75, 3.05) is 18.2 Å². The van der Waals surface area contributed by atoms with E-state index in [-0.39, 0.29) is 16.5 Å². The molecule has 0 aliphatic rings. The second kappa shape index (κ2) is 11.5. The summed E-state index contributed by atoms with van der Waals surface area (Å²) in [6.45, 7) is 5.86. The summed E-state index contributed by atoms with van der Waals surface area (Å²) in [7, 11) is 1.54. The fraction of sp³-hybridized carbons (Fsp3) is 0.261. The van der Waals surface area contributed by atoms with Crippen LogP contribution in [0, 0.1) is 0 Å². The fourth-order valence-corrected chi connectivity index (χ4v) is 4.07. The first-order chi connectivity index (χ1) is 16.6. The molecule has 0 saturated heterocycles. The van der Waals surface area contributed by atoms with Gasteiger partial charge in [0.1, 0.15) is 0 Å². The summed E-state index contributed by atoms with van der Waals surface area (Å²) in [6.07, 6.45) is -3.56. The van der Waals surface area contributed by atoms with Crippen LogP contribution in [0.3, 0.4) is 0 Å². The summed E-state index contributed by atoms with van der Waals surface area (Å²) in [5.41, 5.74) is -1.40. The predicted octanol–water partition coefficient (Wildman–Crippen LogP) is 6.02. The molecule has 3 rings (SSSR count). The van der Waals surface area contributed by atoms with Crippen molar-refractivity contribution in [3.8, 4) is 11.5 Å². The molecule has 0 fully saturated rings. The van der Waals surface area contributed by atoms with Crippen LogP contribution >= 0.6 is 23.4 Å². The number of anilines is 1. The van der Waals surface area contributed by atoms with Crippen LogP contribution in [0.1, 0.15) is 24.4 Å². The minimum Gasteiger partial charge on any atom is -0.493 e. The van der Waals surface area contributed by atoms with Gasteiger partial charge in [-0.3, -0.25) is 9.36 Å². The number of rotatable bonds is 10. The van der Waals surface area contributed by atoms with E-state index in [1.807, 2.05) is 12.1 Å². The lowest BCUT2D eigenvalue weighted by Crippen LogP contribution is -2.18. The highest BCUT2D eigenvalue weighted by atomic mass is 35.5. The van der Waals surface area contributed by atoms with Crippen molar-refractivity contribution in [3.05, 3.63) is 71.5 Å². The van der Waals surface area contributed by atoms with E-state index in [9.17, 15) is 18.0 Å². The van der Waals surface area contributed by atoms with E-state index in [4.69, 9.17) is 21.1 Å². The third-order valence-corrected chi connectivity index (χ3v) is 5.89. The molecule has 7 nitrogen and oxygen atoms in total. The van der Waals surface area contributed by atoms with Gasteiger partial charge in [-0.15, -0.1) is 16.8 Å². The normalized spacial score (nSPS) is 12.2. The number of carbonyl (C=O) groups excluding carboxylic acids is 1. The topological polar surface area (TPSA) is 78.3 Å². The number of thioether (sulfide) groups is 1. The second-order valence-corrected chi connectivity index (χ2v) is 8.55. The molecule has 1 unspecified atom stereocenters. The van der Waals surface area contributed by atoms with Gasteiger partial charge < -0.3 is 14.8 Å². The molecule has 0 radical (unpaired) electrons. The average molecular weight is 527 g/mol. The van der Waals surface area contributed by atoms with E-state index in [1.165, 1.54) is 13.2 Å². The number of benzene rings is 2. The lowest BCUT2D eigenvalue weighted by molar-refractivity contribution is -0.137. The van der Waals surface area contributed by atoms with Crippen LogP contribution in [0.2, 0.25) is 5.02 Å². The number of carbonyl (C=O) groups is 1. The minimum atomic E-state index is -4.67. The van der Waals surface area contributed by atoms with Gasteiger partial charge in [-0.05, 0) is 37.3 Å². The molecule has 0 aliphatic heterocycles. The largest absolute Gasteiger partial charge is 0.493 e. The van der Waals surface area contributed by atoms with E-state index >= 15 is 0 Å². The zero-order valence-electron chi connectivity index (χ0n) is 18.8. The van der Waals surface area contributed by atoms with Crippen molar-refractivity contribution in [3.63, 3.8) is 0 Å². The maximum Gasteiger partial charge on any atom is 0.418 e. The number of alkyl halides is 3. The highest BCUT2D eigenvalue weighted by Crippen LogP contribution is 2.37. The van der Waals surface area contributed by atoms with Crippen molar-refractivity contribution >= 4 is 35.0 Å². The third kappa shape index (κ3) is 6.70. The molecule has 12 heteroatoms. The van der Waals surface area contributed by atoms with Crippen molar-refractivity contribution < 1.29 is 27.4 Å². The zero-order chi connectivity index (χ0) is 25.6. The number of para-hydroxylation sites is 2. The molecular weight excluding hydrogens is 505 g/mol. The second-order valence-electron chi connectivity index (χ2n) is 7.18.